The van der Waals surface area contributed by atoms with E-state index in [1.807, 2.05) is 25.1 Å². The average Bonchev–Trinajstić information content (AvgIpc) is 2.30. The van der Waals surface area contributed by atoms with E-state index in [0.29, 0.717) is 0 Å². The number of ether oxygens (including phenoxy) is 1. The summed E-state index contributed by atoms with van der Waals surface area (Å²) in [6.45, 7) is 2.89. The maximum absolute atomic E-state index is 8.85. The van der Waals surface area contributed by atoms with Gasteiger partial charge >= 0.3 is 0 Å². The van der Waals surface area contributed by atoms with Crippen molar-refractivity contribution in [3.05, 3.63) is 28.8 Å². The first kappa shape index (κ1) is 13.3. The molecule has 0 aliphatic heterocycles. The van der Waals surface area contributed by atoms with Crippen molar-refractivity contribution in [1.82, 2.24) is 5.32 Å². The Balaban J connectivity index is 2.48. The first-order chi connectivity index (χ1) is 7.67. The van der Waals surface area contributed by atoms with Crippen LogP contribution in [0.1, 0.15) is 12.5 Å². The van der Waals surface area contributed by atoms with E-state index in [9.17, 15) is 0 Å². The fraction of sp³-hybridized carbons (Fsp3) is 0.500. The molecular weight excluding hydrogens is 226 g/mol. The van der Waals surface area contributed by atoms with Crippen LogP contribution in [0.15, 0.2) is 18.2 Å². The Bertz CT molecular complexity index is 331. The monoisotopic (exact) mass is 243 g/mol. The normalized spacial score (nSPS) is 12.5. The van der Waals surface area contributed by atoms with Crippen molar-refractivity contribution in [1.29, 1.82) is 0 Å². The lowest BCUT2D eigenvalue weighted by molar-refractivity contribution is 0.252. The van der Waals surface area contributed by atoms with Gasteiger partial charge in [-0.1, -0.05) is 17.7 Å². The van der Waals surface area contributed by atoms with E-state index in [2.05, 4.69) is 5.32 Å². The highest BCUT2D eigenvalue weighted by molar-refractivity contribution is 6.31. The molecule has 16 heavy (non-hydrogen) atoms. The quantitative estimate of drug-likeness (QED) is 0.802. The summed E-state index contributed by atoms with van der Waals surface area (Å²) in [5.74, 6) is 0.769. The van der Waals surface area contributed by atoms with Crippen molar-refractivity contribution in [3.8, 4) is 5.75 Å². The molecule has 1 aromatic carbocycles. The second-order valence-electron chi connectivity index (χ2n) is 3.75. The standard InChI is InChI=1S/C12H18ClNO2/c1-9(8-15)14-6-5-10-3-4-11(16-2)7-12(10)13/h3-4,7,9,14-15H,5-6,8H2,1-2H3. The zero-order valence-corrected chi connectivity index (χ0v) is 10.4. The van der Waals surface area contributed by atoms with Crippen molar-refractivity contribution < 1.29 is 9.84 Å². The molecule has 4 heteroatoms. The topological polar surface area (TPSA) is 41.5 Å². The van der Waals surface area contributed by atoms with Crippen molar-refractivity contribution in [2.24, 2.45) is 0 Å². The fourth-order valence-electron chi connectivity index (χ4n) is 1.38. The molecule has 1 atom stereocenters. The summed E-state index contributed by atoms with van der Waals surface area (Å²) >= 11 is 6.10. The minimum atomic E-state index is 0.122. The number of nitrogens with one attached hydrogen (secondary N) is 1. The molecule has 0 spiro atoms. The largest absolute Gasteiger partial charge is 0.497 e. The Morgan fingerprint density at radius 2 is 2.25 bits per heavy atom. The van der Waals surface area contributed by atoms with E-state index in [0.717, 1.165) is 29.3 Å². The molecule has 0 radical (unpaired) electrons. The smallest absolute Gasteiger partial charge is 0.120 e. The van der Waals surface area contributed by atoms with Crippen LogP contribution in [0.25, 0.3) is 0 Å². The van der Waals surface area contributed by atoms with Gasteiger partial charge in [-0.15, -0.1) is 0 Å². The maximum atomic E-state index is 8.85. The number of aliphatic hydroxyl groups is 1. The molecule has 0 amide bonds. The number of halogens is 1. The van der Waals surface area contributed by atoms with Crippen LogP contribution in [-0.4, -0.2) is 31.4 Å². The van der Waals surface area contributed by atoms with Gasteiger partial charge in [0, 0.05) is 11.1 Å². The van der Waals surface area contributed by atoms with E-state index in [4.69, 9.17) is 21.4 Å². The van der Waals surface area contributed by atoms with Crippen molar-refractivity contribution in [3.63, 3.8) is 0 Å². The molecule has 0 heterocycles. The van der Waals surface area contributed by atoms with Gasteiger partial charge in [-0.3, -0.25) is 0 Å². The Labute approximate surface area is 101 Å². The molecule has 0 aromatic heterocycles. The fourth-order valence-corrected chi connectivity index (χ4v) is 1.64. The Hall–Kier alpha value is -0.770. The van der Waals surface area contributed by atoms with Crippen LogP contribution in [0.5, 0.6) is 5.75 Å². The van der Waals surface area contributed by atoms with Gasteiger partial charge in [0.05, 0.1) is 13.7 Å². The lowest BCUT2D eigenvalue weighted by Crippen LogP contribution is -2.31. The highest BCUT2D eigenvalue weighted by Gasteiger charge is 2.03. The highest BCUT2D eigenvalue weighted by Crippen LogP contribution is 2.22. The molecule has 0 aliphatic rings. The summed E-state index contributed by atoms with van der Waals surface area (Å²) in [7, 11) is 1.62. The maximum Gasteiger partial charge on any atom is 0.120 e. The van der Waals surface area contributed by atoms with Gasteiger partial charge < -0.3 is 15.2 Å². The summed E-state index contributed by atoms with van der Waals surface area (Å²) in [6, 6.07) is 5.80. The van der Waals surface area contributed by atoms with Gasteiger partial charge in [0.2, 0.25) is 0 Å². The Morgan fingerprint density at radius 3 is 2.81 bits per heavy atom. The molecular formula is C12H18ClNO2. The van der Waals surface area contributed by atoms with Gasteiger partial charge in [-0.2, -0.15) is 0 Å². The van der Waals surface area contributed by atoms with Crippen LogP contribution < -0.4 is 10.1 Å². The number of rotatable bonds is 6. The predicted molar refractivity (Wildman–Crippen MR) is 66.3 cm³/mol. The summed E-state index contributed by atoms with van der Waals surface area (Å²) in [4.78, 5) is 0. The first-order valence-electron chi connectivity index (χ1n) is 5.34. The van der Waals surface area contributed by atoms with Gasteiger partial charge in [-0.05, 0) is 37.6 Å². The third-order valence-corrected chi connectivity index (χ3v) is 2.77. The first-order valence-corrected chi connectivity index (χ1v) is 5.71. The van der Waals surface area contributed by atoms with Gasteiger partial charge in [0.15, 0.2) is 0 Å². The molecule has 1 rings (SSSR count). The molecule has 0 saturated heterocycles. The molecule has 90 valence electrons. The molecule has 3 nitrogen and oxygen atoms in total. The third-order valence-electron chi connectivity index (χ3n) is 2.42. The van der Waals surface area contributed by atoms with Gasteiger partial charge in [-0.25, -0.2) is 0 Å². The zero-order chi connectivity index (χ0) is 12.0. The second kappa shape index (κ2) is 6.74. The average molecular weight is 244 g/mol. The minimum Gasteiger partial charge on any atom is -0.497 e. The van der Waals surface area contributed by atoms with E-state index in [1.54, 1.807) is 7.11 Å². The summed E-state index contributed by atoms with van der Waals surface area (Å²) in [5, 5.41) is 12.8. The Morgan fingerprint density at radius 1 is 1.50 bits per heavy atom. The number of hydrogen-bond acceptors (Lipinski definition) is 3. The minimum absolute atomic E-state index is 0.122. The van der Waals surface area contributed by atoms with Crippen LogP contribution in [0.2, 0.25) is 5.02 Å². The number of methoxy groups -OCH3 is 1. The van der Waals surface area contributed by atoms with Crippen LogP contribution in [0.3, 0.4) is 0 Å². The molecule has 1 aromatic rings. The van der Waals surface area contributed by atoms with Crippen LogP contribution in [0, 0.1) is 0 Å². The SMILES string of the molecule is COc1ccc(CCNC(C)CO)c(Cl)c1. The lowest BCUT2D eigenvalue weighted by Gasteiger charge is -2.11. The molecule has 2 N–H and O–H groups in total. The Kier molecular flexibility index (Phi) is 5.60. The number of benzene rings is 1. The molecule has 0 bridgehead atoms. The molecule has 0 saturated carbocycles. The molecule has 1 unspecified atom stereocenters. The van der Waals surface area contributed by atoms with Gasteiger partial charge in [0.1, 0.15) is 5.75 Å². The zero-order valence-electron chi connectivity index (χ0n) is 9.66. The third kappa shape index (κ3) is 4.00. The van der Waals surface area contributed by atoms with Crippen LogP contribution in [0.4, 0.5) is 0 Å². The summed E-state index contributed by atoms with van der Waals surface area (Å²) in [6.07, 6.45) is 0.840. The van der Waals surface area contributed by atoms with Crippen LogP contribution >= 0.6 is 11.6 Å². The highest BCUT2D eigenvalue weighted by atomic mass is 35.5. The van der Waals surface area contributed by atoms with Gasteiger partial charge in [0.25, 0.3) is 0 Å². The number of hydrogen-bond donors (Lipinski definition) is 2. The molecule has 0 fully saturated rings. The van der Waals surface area contributed by atoms with E-state index in [1.165, 1.54) is 0 Å². The second-order valence-corrected chi connectivity index (χ2v) is 4.15. The van der Waals surface area contributed by atoms with Crippen molar-refractivity contribution in [2.75, 3.05) is 20.3 Å². The lowest BCUT2D eigenvalue weighted by atomic mass is 10.1. The van der Waals surface area contributed by atoms with E-state index >= 15 is 0 Å². The van der Waals surface area contributed by atoms with Crippen molar-refractivity contribution >= 4 is 11.6 Å². The van der Waals surface area contributed by atoms with Crippen molar-refractivity contribution in [2.45, 2.75) is 19.4 Å². The van der Waals surface area contributed by atoms with E-state index < -0.39 is 0 Å². The van der Waals surface area contributed by atoms with E-state index in [-0.39, 0.29) is 12.6 Å². The summed E-state index contributed by atoms with van der Waals surface area (Å²) in [5.41, 5.74) is 1.08. The van der Waals surface area contributed by atoms with Crippen LogP contribution in [-0.2, 0) is 6.42 Å². The molecule has 0 aliphatic carbocycles. The number of aliphatic hydroxyl groups excluding tert-OH is 1. The predicted octanol–water partition coefficient (Wildman–Crippen LogP) is 1.86. The summed E-state index contributed by atoms with van der Waals surface area (Å²) < 4.78 is 5.08.